The molecule has 0 aromatic heterocycles. The van der Waals surface area contributed by atoms with Crippen LogP contribution < -0.4 is 11.5 Å². The Labute approximate surface area is 136 Å². The topological polar surface area (TPSA) is 98.5 Å². The molecule has 2 rings (SSSR count). The number of halogens is 4. The van der Waals surface area contributed by atoms with Gasteiger partial charge in [-0.05, 0) is 32.0 Å². The van der Waals surface area contributed by atoms with Crippen molar-refractivity contribution >= 4 is 21.4 Å². The lowest BCUT2D eigenvalue weighted by Gasteiger charge is -2.40. The second-order valence-corrected chi connectivity index (χ2v) is 8.71. The number of anilines is 1. The van der Waals surface area contributed by atoms with Crippen molar-refractivity contribution in [3.63, 3.8) is 0 Å². The molecule has 0 aliphatic carbocycles. The first-order valence-electron chi connectivity index (χ1n) is 6.91. The van der Waals surface area contributed by atoms with Crippen molar-refractivity contribution in [3.05, 3.63) is 29.6 Å². The molecule has 1 aliphatic rings. The smallest absolute Gasteiger partial charge is 0.391 e. The van der Waals surface area contributed by atoms with Gasteiger partial charge in [-0.3, -0.25) is 4.99 Å². The van der Waals surface area contributed by atoms with Crippen LogP contribution in [-0.2, 0) is 15.4 Å². The SMILES string of the molecule is CC1(c2cc(N)ccc2F)CS(=O)(=O)C(C)(CC(F)(F)F)C(N)=N1. The van der Waals surface area contributed by atoms with E-state index in [0.29, 0.717) is 0 Å². The third kappa shape index (κ3) is 3.06. The Balaban J connectivity index is 2.64. The van der Waals surface area contributed by atoms with E-state index in [-0.39, 0.29) is 11.3 Å². The summed E-state index contributed by atoms with van der Waals surface area (Å²) >= 11 is 0. The van der Waals surface area contributed by atoms with Crippen LogP contribution in [0.3, 0.4) is 0 Å². The predicted octanol–water partition coefficient (Wildman–Crippen LogP) is 2.12. The molecule has 5 nitrogen and oxygen atoms in total. The number of sulfone groups is 1. The maximum Gasteiger partial charge on any atom is 0.391 e. The van der Waals surface area contributed by atoms with Gasteiger partial charge in [0.15, 0.2) is 9.84 Å². The van der Waals surface area contributed by atoms with E-state index in [0.717, 1.165) is 13.0 Å². The molecule has 2 atom stereocenters. The van der Waals surface area contributed by atoms with E-state index in [1.807, 2.05) is 0 Å². The molecule has 1 aromatic carbocycles. The van der Waals surface area contributed by atoms with Gasteiger partial charge in [-0.1, -0.05) is 0 Å². The fraction of sp³-hybridized carbons (Fsp3) is 0.500. The lowest BCUT2D eigenvalue weighted by atomic mass is 9.92. The Hall–Kier alpha value is -1.84. The molecule has 2 unspecified atom stereocenters. The highest BCUT2D eigenvalue weighted by molar-refractivity contribution is 7.93. The Morgan fingerprint density at radius 2 is 1.83 bits per heavy atom. The number of alkyl halides is 3. The molecular weight excluding hydrogens is 350 g/mol. The molecule has 4 N–H and O–H groups in total. The number of nitrogens with zero attached hydrogens (tertiary/aromatic N) is 1. The highest BCUT2D eigenvalue weighted by Gasteiger charge is 2.56. The number of amidine groups is 1. The van der Waals surface area contributed by atoms with Crippen LogP contribution in [-0.4, -0.2) is 30.9 Å². The molecular formula is C14H17F4N3O2S. The molecule has 1 aromatic rings. The van der Waals surface area contributed by atoms with Crippen LogP contribution in [0.1, 0.15) is 25.8 Å². The third-order valence-corrected chi connectivity index (χ3v) is 6.84. The molecule has 1 heterocycles. The summed E-state index contributed by atoms with van der Waals surface area (Å²) in [6, 6.07) is 3.52. The van der Waals surface area contributed by atoms with E-state index in [9.17, 15) is 26.0 Å². The number of aliphatic imine (C=N–C) groups is 1. The Morgan fingerprint density at radius 3 is 2.33 bits per heavy atom. The van der Waals surface area contributed by atoms with Crippen LogP contribution in [0.15, 0.2) is 23.2 Å². The number of rotatable bonds is 2. The van der Waals surface area contributed by atoms with Gasteiger partial charge in [0.25, 0.3) is 0 Å². The van der Waals surface area contributed by atoms with Crippen molar-refractivity contribution in [1.82, 2.24) is 0 Å². The zero-order valence-electron chi connectivity index (χ0n) is 13.0. The van der Waals surface area contributed by atoms with E-state index in [1.165, 1.54) is 19.1 Å². The standard InChI is InChI=1S/C14H17F4N3O2S/c1-12(9-5-8(19)3-4-10(9)15)7-24(22,23)13(2,11(20)21-12)6-14(16,17)18/h3-5H,6-7,19H2,1-2H3,(H2,20,21). The van der Waals surface area contributed by atoms with Crippen molar-refractivity contribution in [2.75, 3.05) is 11.5 Å². The first-order valence-corrected chi connectivity index (χ1v) is 8.56. The quantitative estimate of drug-likeness (QED) is 0.618. The second kappa shape index (κ2) is 5.33. The van der Waals surface area contributed by atoms with E-state index in [2.05, 4.69) is 4.99 Å². The van der Waals surface area contributed by atoms with Gasteiger partial charge in [-0.25, -0.2) is 12.8 Å². The average Bonchev–Trinajstić information content (AvgIpc) is 2.37. The Morgan fingerprint density at radius 1 is 1.25 bits per heavy atom. The summed E-state index contributed by atoms with van der Waals surface area (Å²) in [5.41, 5.74) is 9.58. The minimum atomic E-state index is -4.75. The van der Waals surface area contributed by atoms with Gasteiger partial charge < -0.3 is 11.5 Å². The normalized spacial score (nSPS) is 30.0. The maximum atomic E-state index is 14.1. The summed E-state index contributed by atoms with van der Waals surface area (Å²) < 4.78 is 75.2. The number of hydrogen-bond acceptors (Lipinski definition) is 5. The van der Waals surface area contributed by atoms with Crippen LogP contribution in [0.2, 0.25) is 0 Å². The molecule has 24 heavy (non-hydrogen) atoms. The molecule has 1 aliphatic heterocycles. The van der Waals surface area contributed by atoms with Crippen molar-refractivity contribution in [2.45, 2.75) is 36.7 Å². The number of nitrogens with two attached hydrogens (primary N) is 2. The van der Waals surface area contributed by atoms with Gasteiger partial charge in [-0.15, -0.1) is 0 Å². The lowest BCUT2D eigenvalue weighted by molar-refractivity contribution is -0.137. The Kier molecular flexibility index (Phi) is 4.11. The average molecular weight is 367 g/mol. The summed E-state index contributed by atoms with van der Waals surface area (Å²) in [6.07, 6.45) is -6.41. The fourth-order valence-corrected chi connectivity index (χ4v) is 4.81. The van der Waals surface area contributed by atoms with E-state index >= 15 is 0 Å². The maximum absolute atomic E-state index is 14.1. The molecule has 0 fully saturated rings. The van der Waals surface area contributed by atoms with Gasteiger partial charge in [0, 0.05) is 11.3 Å². The monoisotopic (exact) mass is 367 g/mol. The Bertz CT molecular complexity index is 807. The minimum Gasteiger partial charge on any atom is -0.399 e. The van der Waals surface area contributed by atoms with Crippen molar-refractivity contribution in [1.29, 1.82) is 0 Å². The molecule has 0 saturated heterocycles. The first kappa shape index (κ1) is 18.5. The summed E-state index contributed by atoms with van der Waals surface area (Å²) in [4.78, 5) is 3.94. The van der Waals surface area contributed by atoms with Gasteiger partial charge in [0.1, 0.15) is 21.9 Å². The van der Waals surface area contributed by atoms with Gasteiger partial charge in [0.05, 0.1) is 12.2 Å². The van der Waals surface area contributed by atoms with Crippen LogP contribution in [0.25, 0.3) is 0 Å². The zero-order valence-corrected chi connectivity index (χ0v) is 13.8. The van der Waals surface area contributed by atoms with Crippen molar-refractivity contribution < 1.29 is 26.0 Å². The van der Waals surface area contributed by atoms with Crippen LogP contribution >= 0.6 is 0 Å². The summed E-state index contributed by atoms with van der Waals surface area (Å²) in [5.74, 6) is -2.28. The number of nitrogen functional groups attached to an aromatic ring is 1. The molecule has 10 heteroatoms. The molecule has 0 bridgehead atoms. The van der Waals surface area contributed by atoms with Gasteiger partial charge in [-0.2, -0.15) is 13.2 Å². The molecule has 0 radical (unpaired) electrons. The van der Waals surface area contributed by atoms with E-state index in [4.69, 9.17) is 11.5 Å². The second-order valence-electron chi connectivity index (χ2n) is 6.29. The summed E-state index contributed by atoms with van der Waals surface area (Å²) in [7, 11) is -4.37. The summed E-state index contributed by atoms with van der Waals surface area (Å²) in [6.45, 7) is 2.17. The zero-order chi connectivity index (χ0) is 18.6. The third-order valence-electron chi connectivity index (χ3n) is 4.17. The van der Waals surface area contributed by atoms with Crippen molar-refractivity contribution in [3.8, 4) is 0 Å². The fourth-order valence-electron chi connectivity index (χ4n) is 2.78. The van der Waals surface area contributed by atoms with E-state index < -0.39 is 50.1 Å². The first-order chi connectivity index (χ1) is 10.7. The van der Waals surface area contributed by atoms with Gasteiger partial charge in [0.2, 0.25) is 0 Å². The highest BCUT2D eigenvalue weighted by atomic mass is 32.2. The van der Waals surface area contributed by atoms with Crippen LogP contribution in [0, 0.1) is 5.82 Å². The molecule has 0 amide bonds. The minimum absolute atomic E-state index is 0.136. The highest BCUT2D eigenvalue weighted by Crippen LogP contribution is 2.42. The lowest BCUT2D eigenvalue weighted by Crippen LogP contribution is -2.58. The summed E-state index contributed by atoms with van der Waals surface area (Å²) in [5, 5.41) is 0. The van der Waals surface area contributed by atoms with Gasteiger partial charge >= 0.3 is 6.18 Å². The van der Waals surface area contributed by atoms with E-state index in [1.54, 1.807) is 0 Å². The largest absolute Gasteiger partial charge is 0.399 e. The number of hydrogen-bond donors (Lipinski definition) is 2. The molecule has 134 valence electrons. The van der Waals surface area contributed by atoms with Crippen LogP contribution in [0.5, 0.6) is 0 Å². The number of benzene rings is 1. The molecule has 0 spiro atoms. The van der Waals surface area contributed by atoms with Crippen molar-refractivity contribution in [2.24, 2.45) is 10.7 Å². The predicted molar refractivity (Wildman–Crippen MR) is 82.7 cm³/mol. The molecule has 0 saturated carbocycles. The van der Waals surface area contributed by atoms with Crippen LogP contribution in [0.4, 0.5) is 23.2 Å².